The first kappa shape index (κ1) is 21.3. The molecule has 0 radical (unpaired) electrons. The summed E-state index contributed by atoms with van der Waals surface area (Å²) in [5, 5.41) is 0.586. The van der Waals surface area contributed by atoms with E-state index in [2.05, 4.69) is 6.92 Å². The van der Waals surface area contributed by atoms with Crippen molar-refractivity contribution in [2.45, 2.75) is 58.4 Å². The number of para-hydroxylation sites is 2. The standard InChI is InChI=1S/C26H31N3O2/c1-3-18-28(25(30)20-12-6-4-7-13-20)19(2)24-27-23-17-11-10-16-22(23)26(31)29(24)21-14-8-5-9-15-21/h5,8-11,14-17,19-20H,3-4,6-7,12-13,18H2,1-2H3. The van der Waals surface area contributed by atoms with Gasteiger partial charge < -0.3 is 4.90 Å². The van der Waals surface area contributed by atoms with Gasteiger partial charge in [-0.25, -0.2) is 4.98 Å². The molecule has 0 aliphatic heterocycles. The van der Waals surface area contributed by atoms with Gasteiger partial charge in [0, 0.05) is 12.5 Å². The van der Waals surface area contributed by atoms with E-state index in [1.54, 1.807) is 4.57 Å². The number of carbonyl (C=O) groups is 1. The van der Waals surface area contributed by atoms with E-state index in [1.165, 1.54) is 6.42 Å². The molecule has 1 unspecified atom stereocenters. The highest BCUT2D eigenvalue weighted by atomic mass is 16.2. The largest absolute Gasteiger partial charge is 0.333 e. The Kier molecular flexibility index (Phi) is 6.50. The maximum absolute atomic E-state index is 13.5. The molecule has 1 aliphatic rings. The van der Waals surface area contributed by atoms with Gasteiger partial charge in [0.1, 0.15) is 5.82 Å². The minimum Gasteiger partial charge on any atom is -0.333 e. The summed E-state index contributed by atoms with van der Waals surface area (Å²) in [6.07, 6.45) is 6.24. The Morgan fingerprint density at radius 1 is 1.06 bits per heavy atom. The summed E-state index contributed by atoms with van der Waals surface area (Å²) in [4.78, 5) is 33.9. The molecule has 0 spiro atoms. The highest BCUT2D eigenvalue weighted by Gasteiger charge is 2.31. The van der Waals surface area contributed by atoms with Gasteiger partial charge in [-0.15, -0.1) is 0 Å². The van der Waals surface area contributed by atoms with Crippen LogP contribution in [0.2, 0.25) is 0 Å². The molecule has 3 aromatic rings. The summed E-state index contributed by atoms with van der Waals surface area (Å²) < 4.78 is 1.68. The van der Waals surface area contributed by atoms with Crippen LogP contribution in [0.25, 0.3) is 16.6 Å². The molecule has 4 rings (SSSR count). The predicted molar refractivity (Wildman–Crippen MR) is 124 cm³/mol. The van der Waals surface area contributed by atoms with Crippen LogP contribution in [0.15, 0.2) is 59.4 Å². The van der Waals surface area contributed by atoms with Gasteiger partial charge in [0.15, 0.2) is 0 Å². The second kappa shape index (κ2) is 9.46. The van der Waals surface area contributed by atoms with E-state index in [9.17, 15) is 9.59 Å². The Morgan fingerprint density at radius 3 is 2.45 bits per heavy atom. The topological polar surface area (TPSA) is 55.2 Å². The Balaban J connectivity index is 1.84. The average molecular weight is 418 g/mol. The van der Waals surface area contributed by atoms with Crippen LogP contribution in [0.3, 0.4) is 0 Å². The van der Waals surface area contributed by atoms with E-state index in [4.69, 9.17) is 4.98 Å². The molecule has 1 atom stereocenters. The maximum atomic E-state index is 13.5. The minimum absolute atomic E-state index is 0.0834. The second-order valence-corrected chi connectivity index (χ2v) is 8.51. The van der Waals surface area contributed by atoms with Crippen molar-refractivity contribution in [3.8, 4) is 5.69 Å². The van der Waals surface area contributed by atoms with Crippen molar-refractivity contribution in [2.75, 3.05) is 6.54 Å². The van der Waals surface area contributed by atoms with Gasteiger partial charge in [0.25, 0.3) is 5.56 Å². The first-order valence-corrected chi connectivity index (χ1v) is 11.5. The Labute approximate surface area is 183 Å². The van der Waals surface area contributed by atoms with E-state index in [0.29, 0.717) is 23.3 Å². The number of hydrogen-bond donors (Lipinski definition) is 0. The third kappa shape index (κ3) is 4.27. The van der Waals surface area contributed by atoms with Gasteiger partial charge >= 0.3 is 0 Å². The van der Waals surface area contributed by atoms with Crippen molar-refractivity contribution in [1.82, 2.24) is 14.5 Å². The van der Waals surface area contributed by atoms with Gasteiger partial charge in [-0.3, -0.25) is 14.2 Å². The van der Waals surface area contributed by atoms with Crippen molar-refractivity contribution in [3.05, 3.63) is 70.8 Å². The fraction of sp³-hybridized carbons (Fsp3) is 0.423. The average Bonchev–Trinajstić information content (AvgIpc) is 2.83. The van der Waals surface area contributed by atoms with Crippen molar-refractivity contribution in [3.63, 3.8) is 0 Å². The Hall–Kier alpha value is -2.95. The fourth-order valence-corrected chi connectivity index (χ4v) is 4.72. The molecular weight excluding hydrogens is 386 g/mol. The lowest BCUT2D eigenvalue weighted by Crippen LogP contribution is -2.41. The molecule has 1 saturated carbocycles. The molecule has 31 heavy (non-hydrogen) atoms. The summed E-state index contributed by atoms with van der Waals surface area (Å²) in [5.74, 6) is 0.906. The van der Waals surface area contributed by atoms with Gasteiger partial charge in [-0.2, -0.15) is 0 Å². The van der Waals surface area contributed by atoms with Crippen LogP contribution >= 0.6 is 0 Å². The van der Waals surface area contributed by atoms with Crippen LogP contribution in [0.4, 0.5) is 0 Å². The van der Waals surface area contributed by atoms with E-state index in [0.717, 1.165) is 37.8 Å². The van der Waals surface area contributed by atoms with Crippen LogP contribution in [-0.2, 0) is 4.79 Å². The van der Waals surface area contributed by atoms with E-state index in [-0.39, 0.29) is 23.4 Å². The molecular formula is C26H31N3O2. The Morgan fingerprint density at radius 2 is 1.74 bits per heavy atom. The van der Waals surface area contributed by atoms with Crippen molar-refractivity contribution in [1.29, 1.82) is 0 Å². The predicted octanol–water partition coefficient (Wildman–Crippen LogP) is 5.27. The van der Waals surface area contributed by atoms with Crippen LogP contribution in [0.1, 0.15) is 64.2 Å². The minimum atomic E-state index is -0.299. The molecule has 5 heteroatoms. The first-order chi connectivity index (χ1) is 15.1. The molecule has 0 N–H and O–H groups in total. The third-order valence-electron chi connectivity index (χ3n) is 6.36. The monoisotopic (exact) mass is 417 g/mol. The molecule has 1 aromatic heterocycles. The summed E-state index contributed by atoms with van der Waals surface area (Å²) in [7, 11) is 0. The molecule has 1 fully saturated rings. The lowest BCUT2D eigenvalue weighted by molar-refractivity contribution is -0.139. The van der Waals surface area contributed by atoms with Crippen molar-refractivity contribution < 1.29 is 4.79 Å². The highest BCUT2D eigenvalue weighted by molar-refractivity contribution is 5.80. The zero-order chi connectivity index (χ0) is 21.8. The molecule has 1 heterocycles. The molecule has 1 amide bonds. The van der Waals surface area contributed by atoms with Crippen LogP contribution in [-0.4, -0.2) is 26.9 Å². The molecule has 2 aromatic carbocycles. The number of hydrogen-bond acceptors (Lipinski definition) is 3. The van der Waals surface area contributed by atoms with Gasteiger partial charge in [-0.1, -0.05) is 56.5 Å². The first-order valence-electron chi connectivity index (χ1n) is 11.5. The van der Waals surface area contributed by atoms with Gasteiger partial charge in [0.05, 0.1) is 22.6 Å². The number of amides is 1. The molecule has 0 saturated heterocycles. The zero-order valence-corrected chi connectivity index (χ0v) is 18.5. The number of carbonyl (C=O) groups excluding carboxylic acids is 1. The van der Waals surface area contributed by atoms with Crippen molar-refractivity contribution >= 4 is 16.8 Å². The molecule has 1 aliphatic carbocycles. The van der Waals surface area contributed by atoms with Crippen LogP contribution in [0, 0.1) is 5.92 Å². The summed E-state index contributed by atoms with van der Waals surface area (Å²) >= 11 is 0. The number of nitrogens with zero attached hydrogens (tertiary/aromatic N) is 3. The normalized spacial score (nSPS) is 15.7. The van der Waals surface area contributed by atoms with Crippen LogP contribution < -0.4 is 5.56 Å². The fourth-order valence-electron chi connectivity index (χ4n) is 4.72. The quantitative estimate of drug-likeness (QED) is 0.549. The second-order valence-electron chi connectivity index (χ2n) is 8.51. The lowest BCUT2D eigenvalue weighted by atomic mass is 9.88. The highest BCUT2D eigenvalue weighted by Crippen LogP contribution is 2.30. The van der Waals surface area contributed by atoms with Gasteiger partial charge in [-0.05, 0) is 50.5 Å². The number of rotatable bonds is 6. The van der Waals surface area contributed by atoms with Gasteiger partial charge in [0.2, 0.25) is 5.91 Å². The SMILES string of the molecule is CCCN(C(=O)C1CCCCC1)C(C)c1nc2ccccc2c(=O)n1-c1ccccc1. The third-order valence-corrected chi connectivity index (χ3v) is 6.36. The number of fused-ring (bicyclic) bond motifs is 1. The van der Waals surface area contributed by atoms with Crippen molar-refractivity contribution in [2.24, 2.45) is 5.92 Å². The Bertz CT molecular complexity index is 1100. The van der Waals surface area contributed by atoms with Crippen LogP contribution in [0.5, 0.6) is 0 Å². The summed E-state index contributed by atoms with van der Waals surface area (Å²) in [6, 6.07) is 16.7. The summed E-state index contributed by atoms with van der Waals surface area (Å²) in [6.45, 7) is 4.76. The molecule has 0 bridgehead atoms. The number of benzene rings is 2. The smallest absolute Gasteiger partial charge is 0.266 e. The van der Waals surface area contributed by atoms with E-state index in [1.807, 2.05) is 66.4 Å². The van der Waals surface area contributed by atoms with E-state index >= 15 is 0 Å². The molecule has 162 valence electrons. The zero-order valence-electron chi connectivity index (χ0n) is 18.5. The maximum Gasteiger partial charge on any atom is 0.266 e. The number of aromatic nitrogens is 2. The molecule has 5 nitrogen and oxygen atoms in total. The lowest BCUT2D eigenvalue weighted by Gasteiger charge is -2.34. The summed E-state index contributed by atoms with van der Waals surface area (Å²) in [5.41, 5.74) is 1.34. The van der Waals surface area contributed by atoms with E-state index < -0.39 is 0 Å².